The van der Waals surface area contributed by atoms with E-state index in [1.54, 1.807) is 6.08 Å². The summed E-state index contributed by atoms with van der Waals surface area (Å²) < 4.78 is 21.4. The summed E-state index contributed by atoms with van der Waals surface area (Å²) in [5.74, 6) is 1.29. The Kier molecular flexibility index (Phi) is 16.5. The standard InChI is InChI=1S/C57H70N2O7/c1-3-33-59(54(62)32-25-41-17-11-12-18-41)53-39-51(58-64-40-42-19-7-5-8-20-42)49-37-45(23-13-15-34-60)48(24-14-16-35-61)55-50-38-47(30-31-52(50)66-57(53,56(49)55)63-36-4-2)65-46-28-26-44(27-29-46)43-21-9-6-10-22-43/h4-10,19-22,26-31,37-38,41,45,48,53,55-56,60-61H,2-3,11-18,23-25,32-36,39-40H2,1H3/t45-,48+,53-,55+,56+,57+/m0/s1. The lowest BCUT2D eigenvalue weighted by molar-refractivity contribution is -0.257. The van der Waals surface area contributed by atoms with Gasteiger partial charge in [0.2, 0.25) is 11.7 Å². The van der Waals surface area contributed by atoms with Crippen molar-refractivity contribution >= 4 is 11.6 Å². The lowest BCUT2D eigenvalue weighted by atomic mass is 9.55. The van der Waals surface area contributed by atoms with E-state index in [4.69, 9.17) is 24.2 Å². The molecule has 0 aromatic heterocycles. The summed E-state index contributed by atoms with van der Waals surface area (Å²) in [6.07, 6.45) is 16.4. The molecule has 350 valence electrons. The van der Waals surface area contributed by atoms with Crippen molar-refractivity contribution in [2.45, 2.75) is 121 Å². The first kappa shape index (κ1) is 47.3. The highest BCUT2D eigenvalue weighted by Crippen LogP contribution is 2.62. The number of aliphatic hydroxyl groups excluding tert-OH is 2. The molecule has 9 heteroatoms. The van der Waals surface area contributed by atoms with Crippen molar-refractivity contribution in [1.82, 2.24) is 4.90 Å². The SMILES string of the molecule is C=CCO[C@@]12Oc3ccc(Oc4ccc(-c5ccccc5)cc4)cc3[C@H]3[C@H](CCCCO)[C@@H](CCCCO)C=C(C(=NOCc4ccccc4)C[C@@H]1N(CCC)C(=O)CCC1CCCC1)[C@H]32. The number of carbonyl (C=O) groups excluding carboxylic acids is 1. The van der Waals surface area contributed by atoms with E-state index in [-0.39, 0.29) is 49.4 Å². The molecule has 2 N–H and O–H groups in total. The second-order valence-electron chi connectivity index (χ2n) is 18.8. The number of hydrogen-bond acceptors (Lipinski definition) is 8. The van der Waals surface area contributed by atoms with E-state index in [2.05, 4.69) is 54.8 Å². The number of nitrogens with zero attached hydrogens (tertiary/aromatic N) is 2. The lowest BCUT2D eigenvalue weighted by Crippen LogP contribution is -2.70. The van der Waals surface area contributed by atoms with Gasteiger partial charge in [-0.3, -0.25) is 4.79 Å². The van der Waals surface area contributed by atoms with E-state index < -0.39 is 11.8 Å². The molecular weight excluding hydrogens is 825 g/mol. The highest BCUT2D eigenvalue weighted by atomic mass is 16.7. The van der Waals surface area contributed by atoms with E-state index in [0.29, 0.717) is 50.5 Å². The lowest BCUT2D eigenvalue weighted by Gasteiger charge is -2.60. The van der Waals surface area contributed by atoms with Crippen molar-refractivity contribution in [3.8, 4) is 28.4 Å². The fourth-order valence-electron chi connectivity index (χ4n) is 11.4. The first-order valence-electron chi connectivity index (χ1n) is 24.8. The normalized spacial score (nSPS) is 23.9. The van der Waals surface area contributed by atoms with Crippen LogP contribution < -0.4 is 9.47 Å². The van der Waals surface area contributed by atoms with Crippen LogP contribution in [0.15, 0.2) is 133 Å². The molecule has 1 aliphatic heterocycles. The number of aliphatic hydroxyl groups is 2. The molecule has 66 heavy (non-hydrogen) atoms. The van der Waals surface area contributed by atoms with Crippen molar-refractivity contribution in [3.63, 3.8) is 0 Å². The molecule has 2 fully saturated rings. The fraction of sp³-hybridized carbons (Fsp3) is 0.474. The quantitative estimate of drug-likeness (QED) is 0.0433. The number of hydrogen-bond donors (Lipinski definition) is 2. The number of allylic oxidation sites excluding steroid dienone is 1. The Balaban J connectivity index is 1.26. The third-order valence-electron chi connectivity index (χ3n) is 14.5. The topological polar surface area (TPSA) is 110 Å². The number of rotatable bonds is 23. The minimum atomic E-state index is -1.28. The predicted octanol–water partition coefficient (Wildman–Crippen LogP) is 12.2. The van der Waals surface area contributed by atoms with Gasteiger partial charge in [0.1, 0.15) is 29.9 Å². The van der Waals surface area contributed by atoms with Crippen LogP contribution in [0.2, 0.25) is 0 Å². The van der Waals surface area contributed by atoms with Crippen molar-refractivity contribution in [2.24, 2.45) is 28.8 Å². The van der Waals surface area contributed by atoms with Crippen LogP contribution in [0.1, 0.15) is 114 Å². The number of unbranched alkanes of at least 4 members (excludes halogenated alkanes) is 2. The van der Waals surface area contributed by atoms with Crippen LogP contribution in [0.3, 0.4) is 0 Å². The van der Waals surface area contributed by atoms with Gasteiger partial charge in [-0.25, -0.2) is 0 Å². The number of carbonyl (C=O) groups is 1. The van der Waals surface area contributed by atoms with E-state index in [1.807, 2.05) is 72.8 Å². The minimum Gasteiger partial charge on any atom is -0.459 e. The zero-order valence-corrected chi connectivity index (χ0v) is 38.9. The minimum absolute atomic E-state index is 0.113. The average Bonchev–Trinajstić information content (AvgIpc) is 3.88. The molecule has 0 saturated heterocycles. The van der Waals surface area contributed by atoms with Crippen LogP contribution in [0.25, 0.3) is 11.1 Å². The molecule has 1 heterocycles. The monoisotopic (exact) mass is 895 g/mol. The van der Waals surface area contributed by atoms with E-state index >= 15 is 0 Å². The summed E-state index contributed by atoms with van der Waals surface area (Å²) in [5.41, 5.74) is 6.15. The molecule has 4 aliphatic rings. The summed E-state index contributed by atoms with van der Waals surface area (Å²) >= 11 is 0. The van der Waals surface area contributed by atoms with E-state index in [0.717, 1.165) is 83.6 Å². The molecule has 0 bridgehead atoms. The van der Waals surface area contributed by atoms with Crippen LogP contribution in [-0.2, 0) is 21.0 Å². The van der Waals surface area contributed by atoms with E-state index in [1.165, 1.54) is 25.7 Å². The van der Waals surface area contributed by atoms with Crippen molar-refractivity contribution in [3.05, 3.63) is 139 Å². The van der Waals surface area contributed by atoms with Gasteiger partial charge in [-0.05, 0) is 109 Å². The predicted molar refractivity (Wildman–Crippen MR) is 261 cm³/mol. The number of oxime groups is 1. The van der Waals surface area contributed by atoms with E-state index in [9.17, 15) is 15.0 Å². The zero-order chi connectivity index (χ0) is 45.7. The maximum absolute atomic E-state index is 14.9. The number of amides is 1. The maximum atomic E-state index is 14.9. The van der Waals surface area contributed by atoms with Gasteiger partial charge >= 0.3 is 0 Å². The number of fused-ring (bicyclic) bond motifs is 2. The van der Waals surface area contributed by atoms with Crippen molar-refractivity contribution in [2.75, 3.05) is 26.4 Å². The Morgan fingerprint density at radius 2 is 1.56 bits per heavy atom. The molecule has 3 aliphatic carbocycles. The zero-order valence-electron chi connectivity index (χ0n) is 38.9. The van der Waals surface area contributed by atoms with Crippen molar-refractivity contribution in [1.29, 1.82) is 0 Å². The molecule has 0 unspecified atom stereocenters. The highest BCUT2D eigenvalue weighted by molar-refractivity contribution is 6.03. The maximum Gasteiger partial charge on any atom is 0.239 e. The molecule has 8 rings (SSSR count). The van der Waals surface area contributed by atoms with Crippen LogP contribution >= 0.6 is 0 Å². The van der Waals surface area contributed by atoms with Gasteiger partial charge in [0.05, 0.1) is 18.2 Å². The third-order valence-corrected chi connectivity index (χ3v) is 14.5. The molecule has 6 atom stereocenters. The fourth-order valence-corrected chi connectivity index (χ4v) is 11.4. The molecule has 9 nitrogen and oxygen atoms in total. The largest absolute Gasteiger partial charge is 0.459 e. The Labute approximate surface area is 392 Å². The molecule has 4 aromatic carbocycles. The summed E-state index contributed by atoms with van der Waals surface area (Å²) in [7, 11) is 0. The van der Waals surface area contributed by atoms with Gasteiger partial charge in [-0.15, -0.1) is 6.58 Å². The van der Waals surface area contributed by atoms with Crippen LogP contribution in [0.4, 0.5) is 0 Å². The highest BCUT2D eigenvalue weighted by Gasteiger charge is 2.65. The molecule has 0 radical (unpaired) electrons. The number of ether oxygens (including phenoxy) is 3. The van der Waals surface area contributed by atoms with Gasteiger partial charge in [-0.2, -0.15) is 0 Å². The molecular formula is C57H70N2O7. The molecule has 0 spiro atoms. The summed E-state index contributed by atoms with van der Waals surface area (Å²) in [5, 5.41) is 25.1. The van der Waals surface area contributed by atoms with Crippen LogP contribution in [-0.4, -0.2) is 64.9 Å². The summed E-state index contributed by atoms with van der Waals surface area (Å²) in [6, 6.07) is 34.2. The second kappa shape index (κ2) is 23.0. The summed E-state index contributed by atoms with van der Waals surface area (Å²) in [4.78, 5) is 23.3. The molecule has 2 saturated carbocycles. The van der Waals surface area contributed by atoms with Crippen molar-refractivity contribution < 1.29 is 34.1 Å². The average molecular weight is 895 g/mol. The van der Waals surface area contributed by atoms with Crippen LogP contribution in [0, 0.1) is 23.7 Å². The Morgan fingerprint density at radius 1 is 0.864 bits per heavy atom. The molecule has 1 amide bonds. The summed E-state index contributed by atoms with van der Waals surface area (Å²) in [6.45, 7) is 7.59. The van der Waals surface area contributed by atoms with Crippen LogP contribution in [0.5, 0.6) is 17.2 Å². The number of benzene rings is 4. The Bertz CT molecular complexity index is 2240. The van der Waals surface area contributed by atoms with Gasteiger partial charge in [0.15, 0.2) is 0 Å². The van der Waals surface area contributed by atoms with Gasteiger partial charge < -0.3 is 34.2 Å². The first-order chi connectivity index (χ1) is 32.5. The molecule has 4 aromatic rings. The second-order valence-corrected chi connectivity index (χ2v) is 18.8. The van der Waals surface area contributed by atoms with Gasteiger partial charge in [-0.1, -0.05) is 136 Å². The smallest absolute Gasteiger partial charge is 0.239 e. The van der Waals surface area contributed by atoms with Gasteiger partial charge in [0.25, 0.3) is 0 Å². The third kappa shape index (κ3) is 10.8. The Morgan fingerprint density at radius 3 is 2.27 bits per heavy atom. The Hall–Kier alpha value is -5.22. The van der Waals surface area contributed by atoms with Gasteiger partial charge in [0, 0.05) is 44.1 Å². The first-order valence-corrected chi connectivity index (χ1v) is 24.8.